The summed E-state index contributed by atoms with van der Waals surface area (Å²) < 4.78 is 5.16. The molecule has 1 heterocycles. The molecule has 2 N–H and O–H groups in total. The van der Waals surface area contributed by atoms with Gasteiger partial charge in [-0.3, -0.25) is 0 Å². The van der Waals surface area contributed by atoms with Crippen LogP contribution in [0.2, 0.25) is 0 Å². The van der Waals surface area contributed by atoms with Crippen LogP contribution in [-0.4, -0.2) is 10.2 Å². The molecule has 0 radical (unpaired) electrons. The Balaban J connectivity index is 2.90. The molecule has 0 aromatic carbocycles. The van der Waals surface area contributed by atoms with Gasteiger partial charge in [0, 0.05) is 5.57 Å². The molecule has 0 saturated carbocycles. The van der Waals surface area contributed by atoms with Crippen LogP contribution in [0.15, 0.2) is 11.0 Å². The Hall–Kier alpha value is -1.16. The number of hydrogen-bond acceptors (Lipinski definition) is 4. The van der Waals surface area contributed by atoms with E-state index in [1.165, 1.54) is 0 Å². The molecule has 0 aliphatic heterocycles. The van der Waals surface area contributed by atoms with Crippen molar-refractivity contribution < 1.29 is 4.42 Å². The Morgan fingerprint density at radius 3 is 2.55 bits per heavy atom. The van der Waals surface area contributed by atoms with Gasteiger partial charge in [-0.25, -0.2) is 0 Å². The summed E-state index contributed by atoms with van der Waals surface area (Å²) in [7, 11) is 0. The normalized spacial score (nSPS) is 13.0. The predicted molar refractivity (Wildman–Crippen MR) is 41.6 cm³/mol. The fraction of sp³-hybridized carbons (Fsp3) is 0.429. The highest BCUT2D eigenvalue weighted by Gasteiger charge is 2.09. The highest BCUT2D eigenvalue weighted by Crippen LogP contribution is 2.12. The molecule has 0 saturated heterocycles. The molecular weight excluding hydrogens is 142 g/mol. The van der Waals surface area contributed by atoms with Crippen LogP contribution in [0.25, 0.3) is 5.57 Å². The molecule has 1 atom stereocenters. The van der Waals surface area contributed by atoms with E-state index in [0.29, 0.717) is 11.8 Å². The number of nitrogens with two attached hydrogens (primary N) is 1. The molecule has 0 fully saturated rings. The molecule has 0 aliphatic rings. The van der Waals surface area contributed by atoms with E-state index in [1.807, 2.05) is 0 Å². The van der Waals surface area contributed by atoms with Gasteiger partial charge in [-0.1, -0.05) is 6.58 Å². The van der Waals surface area contributed by atoms with Crippen molar-refractivity contribution in [3.63, 3.8) is 0 Å². The lowest BCUT2D eigenvalue weighted by Gasteiger charge is -1.94. The summed E-state index contributed by atoms with van der Waals surface area (Å²) in [4.78, 5) is 0. The van der Waals surface area contributed by atoms with Gasteiger partial charge in [0.15, 0.2) is 0 Å². The van der Waals surface area contributed by atoms with Crippen LogP contribution in [0, 0.1) is 0 Å². The van der Waals surface area contributed by atoms with E-state index >= 15 is 0 Å². The minimum absolute atomic E-state index is 0.212. The first-order chi connectivity index (χ1) is 5.11. The zero-order chi connectivity index (χ0) is 8.43. The zero-order valence-corrected chi connectivity index (χ0v) is 6.66. The lowest BCUT2D eigenvalue weighted by molar-refractivity contribution is 0.454. The molecule has 1 aromatic heterocycles. The van der Waals surface area contributed by atoms with Crippen LogP contribution >= 0.6 is 0 Å². The lowest BCUT2D eigenvalue weighted by atomic mass is 10.3. The second-order valence-corrected chi connectivity index (χ2v) is 2.51. The van der Waals surface area contributed by atoms with Crippen molar-refractivity contribution in [2.45, 2.75) is 19.9 Å². The monoisotopic (exact) mass is 153 g/mol. The van der Waals surface area contributed by atoms with E-state index in [9.17, 15) is 0 Å². The molecule has 11 heavy (non-hydrogen) atoms. The summed E-state index contributed by atoms with van der Waals surface area (Å²) in [5, 5.41) is 7.48. The second-order valence-electron chi connectivity index (χ2n) is 2.51. The topological polar surface area (TPSA) is 64.9 Å². The smallest absolute Gasteiger partial charge is 0.242 e. The summed E-state index contributed by atoms with van der Waals surface area (Å²) >= 11 is 0. The van der Waals surface area contributed by atoms with Crippen LogP contribution in [0.4, 0.5) is 0 Å². The highest BCUT2D eigenvalue weighted by atomic mass is 16.4. The van der Waals surface area contributed by atoms with Crippen molar-refractivity contribution in [3.05, 3.63) is 18.4 Å². The van der Waals surface area contributed by atoms with Crippen LogP contribution in [0.1, 0.15) is 31.7 Å². The van der Waals surface area contributed by atoms with E-state index < -0.39 is 0 Å². The summed E-state index contributed by atoms with van der Waals surface area (Å²) in [5.41, 5.74) is 6.26. The Labute approximate surface area is 65.1 Å². The minimum atomic E-state index is -0.212. The number of nitrogens with zero attached hydrogens (tertiary/aromatic N) is 2. The standard InChI is InChI=1S/C7H11N3O/c1-4(2)6-9-10-7(11-6)5(3)8/h5H,1,8H2,2-3H3/t5-/m0/s1. The maximum absolute atomic E-state index is 5.50. The van der Waals surface area contributed by atoms with Gasteiger partial charge >= 0.3 is 0 Å². The van der Waals surface area contributed by atoms with Gasteiger partial charge in [0.1, 0.15) is 0 Å². The Morgan fingerprint density at radius 1 is 1.64 bits per heavy atom. The van der Waals surface area contributed by atoms with Crippen molar-refractivity contribution in [1.29, 1.82) is 0 Å². The molecule has 60 valence electrons. The quantitative estimate of drug-likeness (QED) is 0.691. The molecule has 0 spiro atoms. The van der Waals surface area contributed by atoms with Gasteiger partial charge in [-0.05, 0) is 13.8 Å². The van der Waals surface area contributed by atoms with E-state index in [4.69, 9.17) is 10.2 Å². The van der Waals surface area contributed by atoms with Crippen LogP contribution in [0.3, 0.4) is 0 Å². The summed E-state index contributed by atoms with van der Waals surface area (Å²) in [6.45, 7) is 7.25. The van der Waals surface area contributed by atoms with Crippen LogP contribution < -0.4 is 5.73 Å². The molecule has 1 aromatic rings. The first-order valence-corrected chi connectivity index (χ1v) is 3.36. The minimum Gasteiger partial charge on any atom is -0.419 e. The maximum atomic E-state index is 5.50. The number of allylic oxidation sites excluding steroid dienone is 1. The average Bonchev–Trinajstić information content (AvgIpc) is 2.33. The van der Waals surface area contributed by atoms with Gasteiger partial charge in [0.05, 0.1) is 6.04 Å². The van der Waals surface area contributed by atoms with Gasteiger partial charge in [0.25, 0.3) is 0 Å². The molecular formula is C7H11N3O. The second kappa shape index (κ2) is 2.84. The number of aromatic nitrogens is 2. The SMILES string of the molecule is C=C(C)c1nnc([C@H](C)N)o1. The van der Waals surface area contributed by atoms with Crippen molar-refractivity contribution in [1.82, 2.24) is 10.2 Å². The van der Waals surface area contributed by atoms with Gasteiger partial charge in [-0.15, -0.1) is 10.2 Å². The Kier molecular flexibility index (Phi) is 2.05. The van der Waals surface area contributed by atoms with E-state index in [-0.39, 0.29) is 6.04 Å². The van der Waals surface area contributed by atoms with E-state index in [2.05, 4.69) is 16.8 Å². The molecule has 0 unspecified atom stereocenters. The molecule has 1 rings (SSSR count). The maximum Gasteiger partial charge on any atom is 0.242 e. The molecule has 4 heteroatoms. The first kappa shape index (κ1) is 7.94. The van der Waals surface area contributed by atoms with E-state index in [0.717, 1.165) is 5.57 Å². The van der Waals surface area contributed by atoms with Crippen molar-refractivity contribution >= 4 is 5.57 Å². The van der Waals surface area contributed by atoms with Crippen molar-refractivity contribution in [2.24, 2.45) is 5.73 Å². The Bertz CT molecular complexity index is 264. The molecule has 0 bridgehead atoms. The largest absolute Gasteiger partial charge is 0.419 e. The van der Waals surface area contributed by atoms with Crippen molar-refractivity contribution in [3.8, 4) is 0 Å². The Morgan fingerprint density at radius 2 is 2.27 bits per heavy atom. The summed E-state index contributed by atoms with van der Waals surface area (Å²) in [5.74, 6) is 0.903. The molecule has 0 amide bonds. The first-order valence-electron chi connectivity index (χ1n) is 3.36. The average molecular weight is 153 g/mol. The van der Waals surface area contributed by atoms with Gasteiger partial charge < -0.3 is 10.2 Å². The third-order valence-corrected chi connectivity index (χ3v) is 1.20. The van der Waals surface area contributed by atoms with Crippen molar-refractivity contribution in [2.75, 3.05) is 0 Å². The summed E-state index contributed by atoms with van der Waals surface area (Å²) in [6.07, 6.45) is 0. The predicted octanol–water partition coefficient (Wildman–Crippen LogP) is 1.12. The lowest BCUT2D eigenvalue weighted by Crippen LogP contribution is -2.04. The zero-order valence-electron chi connectivity index (χ0n) is 6.66. The fourth-order valence-corrected chi connectivity index (χ4v) is 0.591. The van der Waals surface area contributed by atoms with Gasteiger partial charge in [0.2, 0.25) is 11.8 Å². The van der Waals surface area contributed by atoms with Gasteiger partial charge in [-0.2, -0.15) is 0 Å². The molecule has 0 aliphatic carbocycles. The fourth-order valence-electron chi connectivity index (χ4n) is 0.591. The van der Waals surface area contributed by atoms with Crippen LogP contribution in [0.5, 0.6) is 0 Å². The number of rotatable bonds is 2. The van der Waals surface area contributed by atoms with Crippen LogP contribution in [-0.2, 0) is 0 Å². The summed E-state index contributed by atoms with van der Waals surface area (Å²) in [6, 6.07) is -0.212. The third kappa shape index (κ3) is 1.65. The number of hydrogen-bond donors (Lipinski definition) is 1. The molecule has 4 nitrogen and oxygen atoms in total. The third-order valence-electron chi connectivity index (χ3n) is 1.20. The van der Waals surface area contributed by atoms with E-state index in [1.54, 1.807) is 13.8 Å². The highest BCUT2D eigenvalue weighted by molar-refractivity contribution is 5.51.